The van der Waals surface area contributed by atoms with Gasteiger partial charge in [-0.25, -0.2) is 9.78 Å². The largest absolute Gasteiger partial charge is 0.465 e. The van der Waals surface area contributed by atoms with E-state index in [0.717, 1.165) is 0 Å². The molecule has 114 valence electrons. The number of halogens is 2. The summed E-state index contributed by atoms with van der Waals surface area (Å²) in [6, 6.07) is 10.3. The molecule has 3 aromatic rings. The molecule has 0 atom stereocenters. The van der Waals surface area contributed by atoms with E-state index in [1.807, 2.05) is 6.07 Å². The third-order valence-corrected chi connectivity index (χ3v) is 4.51. The molecule has 2 aromatic carbocycles. The van der Waals surface area contributed by atoms with E-state index in [1.54, 1.807) is 18.2 Å². The van der Waals surface area contributed by atoms with Crippen molar-refractivity contribution in [1.82, 2.24) is 4.98 Å². The lowest BCUT2D eigenvalue weighted by Crippen LogP contribution is -2.01. The Balaban J connectivity index is 2.25. The lowest BCUT2D eigenvalue weighted by Gasteiger charge is -2.00. The molecule has 1 heterocycles. The van der Waals surface area contributed by atoms with Gasteiger partial charge in [0.2, 0.25) is 5.89 Å². The van der Waals surface area contributed by atoms with Gasteiger partial charge in [-0.1, -0.05) is 17.7 Å². The van der Waals surface area contributed by atoms with Crippen molar-refractivity contribution in [3.8, 4) is 17.5 Å². The molecule has 0 bridgehead atoms. The Kier molecular flexibility index (Phi) is 4.07. The van der Waals surface area contributed by atoms with Crippen LogP contribution in [0.5, 0.6) is 0 Å². The van der Waals surface area contributed by atoms with Gasteiger partial charge in [-0.3, -0.25) is 0 Å². The van der Waals surface area contributed by atoms with Crippen LogP contribution in [0.15, 0.2) is 39.2 Å². The van der Waals surface area contributed by atoms with Crippen LogP contribution in [0.4, 0.5) is 0 Å². The first-order chi connectivity index (χ1) is 11.0. The van der Waals surface area contributed by atoms with Crippen LogP contribution < -0.4 is 0 Å². The molecule has 0 amide bonds. The van der Waals surface area contributed by atoms with Crippen LogP contribution in [-0.2, 0) is 4.74 Å². The number of nitriles is 1. The minimum Gasteiger partial charge on any atom is -0.465 e. The molecule has 0 radical (unpaired) electrons. The van der Waals surface area contributed by atoms with E-state index >= 15 is 0 Å². The maximum Gasteiger partial charge on any atom is 0.337 e. The average Bonchev–Trinajstić information content (AvgIpc) is 2.99. The van der Waals surface area contributed by atoms with Gasteiger partial charge in [0.15, 0.2) is 5.58 Å². The molecule has 0 aliphatic carbocycles. The zero-order valence-corrected chi connectivity index (χ0v) is 14.1. The fourth-order valence-electron chi connectivity index (χ4n) is 2.14. The summed E-state index contributed by atoms with van der Waals surface area (Å²) in [7, 11) is 1.27. The van der Waals surface area contributed by atoms with Crippen molar-refractivity contribution in [2.45, 2.75) is 0 Å². The molecular formula is C16H8BrClN2O3. The highest BCUT2D eigenvalue weighted by molar-refractivity contribution is 9.10. The van der Waals surface area contributed by atoms with E-state index in [0.29, 0.717) is 26.2 Å². The Labute approximate surface area is 144 Å². The summed E-state index contributed by atoms with van der Waals surface area (Å²) >= 11 is 9.59. The Hall–Kier alpha value is -2.36. The number of oxazole rings is 1. The normalized spacial score (nSPS) is 10.5. The summed E-state index contributed by atoms with van der Waals surface area (Å²) in [5.41, 5.74) is 1.70. The second-order valence-electron chi connectivity index (χ2n) is 4.60. The van der Waals surface area contributed by atoms with Gasteiger partial charge in [-0.2, -0.15) is 5.26 Å². The van der Waals surface area contributed by atoms with Gasteiger partial charge < -0.3 is 9.15 Å². The van der Waals surface area contributed by atoms with Crippen molar-refractivity contribution in [2.75, 3.05) is 7.11 Å². The number of rotatable bonds is 2. The van der Waals surface area contributed by atoms with E-state index in [2.05, 4.69) is 25.7 Å². The molecule has 5 nitrogen and oxygen atoms in total. The second kappa shape index (κ2) is 6.03. The third-order valence-electron chi connectivity index (χ3n) is 3.21. The van der Waals surface area contributed by atoms with Gasteiger partial charge in [-0.15, -0.1) is 0 Å². The minimum absolute atomic E-state index is 0.202. The second-order valence-corrected chi connectivity index (χ2v) is 5.83. The van der Waals surface area contributed by atoms with E-state index in [9.17, 15) is 10.1 Å². The van der Waals surface area contributed by atoms with Gasteiger partial charge in [0.25, 0.3) is 0 Å². The highest BCUT2D eigenvalue weighted by Crippen LogP contribution is 2.35. The molecule has 0 fully saturated rings. The average molecular weight is 392 g/mol. The summed E-state index contributed by atoms with van der Waals surface area (Å²) in [5.74, 6) is -0.279. The smallest absolute Gasteiger partial charge is 0.337 e. The number of ether oxygens (including phenoxy) is 1. The van der Waals surface area contributed by atoms with Crippen LogP contribution in [0.25, 0.3) is 22.6 Å². The van der Waals surface area contributed by atoms with Gasteiger partial charge >= 0.3 is 5.97 Å². The molecule has 0 aliphatic heterocycles. The lowest BCUT2D eigenvalue weighted by atomic mass is 10.1. The van der Waals surface area contributed by atoms with E-state index in [4.69, 9.17) is 16.0 Å². The molecular weight excluding hydrogens is 384 g/mol. The fraction of sp³-hybridized carbons (Fsp3) is 0.0625. The monoisotopic (exact) mass is 390 g/mol. The Morgan fingerprint density at radius 3 is 2.91 bits per heavy atom. The highest BCUT2D eigenvalue weighted by Gasteiger charge is 2.18. The Morgan fingerprint density at radius 1 is 1.43 bits per heavy atom. The maximum absolute atomic E-state index is 11.7. The maximum atomic E-state index is 11.7. The molecule has 23 heavy (non-hydrogen) atoms. The molecule has 0 unspecified atom stereocenters. The summed E-state index contributed by atoms with van der Waals surface area (Å²) in [6.45, 7) is 0. The van der Waals surface area contributed by atoms with Crippen LogP contribution in [0.3, 0.4) is 0 Å². The number of methoxy groups -OCH3 is 1. The zero-order valence-electron chi connectivity index (χ0n) is 11.8. The summed E-state index contributed by atoms with van der Waals surface area (Å²) in [5, 5.41) is 9.72. The van der Waals surface area contributed by atoms with Gasteiger partial charge in [0, 0.05) is 4.47 Å². The predicted molar refractivity (Wildman–Crippen MR) is 88.2 cm³/mol. The summed E-state index contributed by atoms with van der Waals surface area (Å²) in [6.07, 6.45) is 0. The number of hydrogen-bond acceptors (Lipinski definition) is 5. The third kappa shape index (κ3) is 2.69. The van der Waals surface area contributed by atoms with Crippen molar-refractivity contribution in [3.63, 3.8) is 0 Å². The standard InChI is InChI=1S/C16H8BrClN2O3/c1-22-16(21)8-5-9(7-19)14-12(6-8)20-15(23-14)10-3-2-4-11(17)13(10)18/h2-6H,1H3. The van der Waals surface area contributed by atoms with E-state index in [-0.39, 0.29) is 17.0 Å². The van der Waals surface area contributed by atoms with Crippen LogP contribution in [0.1, 0.15) is 15.9 Å². The van der Waals surface area contributed by atoms with E-state index < -0.39 is 5.97 Å². The van der Waals surface area contributed by atoms with Crippen LogP contribution in [0, 0.1) is 11.3 Å². The SMILES string of the molecule is COC(=O)c1cc(C#N)c2oc(-c3cccc(Br)c3Cl)nc2c1. The molecule has 0 saturated carbocycles. The fourth-order valence-corrected chi connectivity index (χ4v) is 2.71. The number of aromatic nitrogens is 1. The molecule has 0 spiro atoms. The van der Waals surface area contributed by atoms with Crippen molar-refractivity contribution >= 4 is 44.6 Å². The van der Waals surface area contributed by atoms with Crippen molar-refractivity contribution in [3.05, 3.63) is 51.0 Å². The first kappa shape index (κ1) is 15.5. The first-order valence-electron chi connectivity index (χ1n) is 6.42. The number of carbonyl (C=O) groups is 1. The summed E-state index contributed by atoms with van der Waals surface area (Å²) < 4.78 is 11.1. The van der Waals surface area contributed by atoms with E-state index in [1.165, 1.54) is 19.2 Å². The molecule has 1 aromatic heterocycles. The number of nitrogens with zero attached hydrogens (tertiary/aromatic N) is 2. The number of esters is 1. The van der Waals surface area contributed by atoms with Crippen molar-refractivity contribution < 1.29 is 13.9 Å². The summed E-state index contributed by atoms with van der Waals surface area (Å²) in [4.78, 5) is 16.0. The predicted octanol–water partition coefficient (Wildman–Crippen LogP) is 4.57. The topological polar surface area (TPSA) is 76.1 Å². The Morgan fingerprint density at radius 2 is 2.22 bits per heavy atom. The van der Waals surface area contributed by atoms with Crippen LogP contribution >= 0.6 is 27.5 Å². The molecule has 7 heteroatoms. The number of hydrogen-bond donors (Lipinski definition) is 0. The molecule has 0 N–H and O–H groups in total. The van der Waals surface area contributed by atoms with Gasteiger partial charge in [0.1, 0.15) is 11.6 Å². The van der Waals surface area contributed by atoms with Gasteiger partial charge in [0.05, 0.1) is 28.8 Å². The van der Waals surface area contributed by atoms with Crippen LogP contribution in [0.2, 0.25) is 5.02 Å². The highest BCUT2D eigenvalue weighted by atomic mass is 79.9. The molecule has 3 rings (SSSR count). The molecule has 0 saturated heterocycles. The first-order valence-corrected chi connectivity index (χ1v) is 7.59. The number of benzene rings is 2. The minimum atomic E-state index is -0.548. The van der Waals surface area contributed by atoms with Crippen LogP contribution in [-0.4, -0.2) is 18.1 Å². The molecule has 0 aliphatic rings. The number of fused-ring (bicyclic) bond motifs is 1. The Bertz CT molecular complexity index is 975. The van der Waals surface area contributed by atoms with Crippen molar-refractivity contribution in [2.24, 2.45) is 0 Å². The lowest BCUT2D eigenvalue weighted by molar-refractivity contribution is 0.0601. The zero-order chi connectivity index (χ0) is 16.6. The number of carbonyl (C=O) groups excluding carboxylic acids is 1. The van der Waals surface area contributed by atoms with Gasteiger partial charge in [-0.05, 0) is 40.2 Å². The van der Waals surface area contributed by atoms with Crippen molar-refractivity contribution in [1.29, 1.82) is 5.26 Å². The quantitative estimate of drug-likeness (QED) is 0.598.